The van der Waals surface area contributed by atoms with Crippen molar-refractivity contribution in [2.75, 3.05) is 11.9 Å². The van der Waals surface area contributed by atoms with Crippen LogP contribution in [0.15, 0.2) is 24.5 Å². The van der Waals surface area contributed by atoms with Crippen molar-refractivity contribution in [3.8, 4) is 0 Å². The van der Waals surface area contributed by atoms with E-state index in [9.17, 15) is 9.59 Å². The van der Waals surface area contributed by atoms with Crippen LogP contribution in [0.3, 0.4) is 0 Å². The van der Waals surface area contributed by atoms with E-state index in [1.807, 2.05) is 0 Å². The summed E-state index contributed by atoms with van der Waals surface area (Å²) >= 11 is 0. The Labute approximate surface area is 120 Å². The van der Waals surface area contributed by atoms with Crippen LogP contribution in [-0.4, -0.2) is 39.5 Å². The molecule has 0 atom stereocenters. The summed E-state index contributed by atoms with van der Waals surface area (Å²) in [7, 11) is 0. The second-order valence-electron chi connectivity index (χ2n) is 4.95. The number of rotatable bonds is 5. The zero-order valence-electron chi connectivity index (χ0n) is 11.2. The highest BCUT2D eigenvalue weighted by Gasteiger charge is 2.23. The van der Waals surface area contributed by atoms with Crippen LogP contribution in [0.25, 0.3) is 10.9 Å². The molecule has 21 heavy (non-hydrogen) atoms. The first-order chi connectivity index (χ1) is 10.1. The van der Waals surface area contributed by atoms with E-state index < -0.39 is 5.97 Å². The molecule has 0 aliphatic heterocycles. The Morgan fingerprint density at radius 2 is 2.10 bits per heavy atom. The number of aromatic carboxylic acids is 1. The Bertz CT molecular complexity index is 712. The van der Waals surface area contributed by atoms with Gasteiger partial charge in [0.25, 0.3) is 0 Å². The summed E-state index contributed by atoms with van der Waals surface area (Å²) in [6.07, 6.45) is 3.43. The maximum atomic E-state index is 11.7. The van der Waals surface area contributed by atoms with E-state index >= 15 is 0 Å². The number of nitrogens with one attached hydrogen (secondary N) is 2. The number of amides is 1. The van der Waals surface area contributed by atoms with Crippen molar-refractivity contribution >= 4 is 28.6 Å². The SMILES string of the molecule is O=C(CNc1ncnc2cc(C(=O)O)ccc12)NC1CC1. The van der Waals surface area contributed by atoms with Gasteiger partial charge < -0.3 is 15.7 Å². The second kappa shape index (κ2) is 5.35. The van der Waals surface area contributed by atoms with Gasteiger partial charge in [0, 0.05) is 11.4 Å². The monoisotopic (exact) mass is 286 g/mol. The minimum atomic E-state index is -1.01. The Balaban J connectivity index is 1.78. The van der Waals surface area contributed by atoms with E-state index in [1.54, 1.807) is 6.07 Å². The van der Waals surface area contributed by atoms with Crippen LogP contribution in [0.5, 0.6) is 0 Å². The van der Waals surface area contributed by atoms with Crippen molar-refractivity contribution in [1.29, 1.82) is 0 Å². The highest BCUT2D eigenvalue weighted by molar-refractivity contribution is 5.96. The molecule has 108 valence electrons. The number of nitrogens with zero attached hydrogens (tertiary/aromatic N) is 2. The fraction of sp³-hybridized carbons (Fsp3) is 0.286. The number of carboxylic acids is 1. The van der Waals surface area contributed by atoms with Crippen LogP contribution in [-0.2, 0) is 4.79 Å². The predicted molar refractivity (Wildman–Crippen MR) is 76.2 cm³/mol. The molecule has 1 heterocycles. The maximum Gasteiger partial charge on any atom is 0.335 e. The molecular weight excluding hydrogens is 272 g/mol. The number of benzene rings is 1. The molecule has 7 nitrogen and oxygen atoms in total. The van der Waals surface area contributed by atoms with E-state index in [-0.39, 0.29) is 18.0 Å². The van der Waals surface area contributed by atoms with Gasteiger partial charge in [0.15, 0.2) is 0 Å². The van der Waals surface area contributed by atoms with Crippen LogP contribution in [0.1, 0.15) is 23.2 Å². The topological polar surface area (TPSA) is 104 Å². The van der Waals surface area contributed by atoms with Gasteiger partial charge in [-0.25, -0.2) is 14.8 Å². The number of carboxylic acid groups (broad SMARTS) is 1. The van der Waals surface area contributed by atoms with E-state index in [4.69, 9.17) is 5.11 Å². The third kappa shape index (κ3) is 3.07. The summed E-state index contributed by atoms with van der Waals surface area (Å²) in [6.45, 7) is 0.128. The average molecular weight is 286 g/mol. The fourth-order valence-corrected chi connectivity index (χ4v) is 2.00. The number of carbonyl (C=O) groups is 2. The molecule has 1 aromatic carbocycles. The van der Waals surface area contributed by atoms with Gasteiger partial charge >= 0.3 is 5.97 Å². The second-order valence-corrected chi connectivity index (χ2v) is 4.95. The van der Waals surface area contributed by atoms with Gasteiger partial charge in [-0.1, -0.05) is 0 Å². The lowest BCUT2D eigenvalue weighted by molar-refractivity contribution is -0.119. The van der Waals surface area contributed by atoms with Gasteiger partial charge in [-0.05, 0) is 31.0 Å². The van der Waals surface area contributed by atoms with Crippen molar-refractivity contribution < 1.29 is 14.7 Å². The molecule has 0 bridgehead atoms. The van der Waals surface area contributed by atoms with Gasteiger partial charge in [-0.3, -0.25) is 4.79 Å². The number of fused-ring (bicyclic) bond motifs is 1. The first-order valence-electron chi connectivity index (χ1n) is 6.65. The summed E-state index contributed by atoms with van der Waals surface area (Å²) in [5, 5.41) is 15.5. The smallest absolute Gasteiger partial charge is 0.335 e. The summed E-state index contributed by atoms with van der Waals surface area (Å²) in [4.78, 5) is 30.7. The zero-order chi connectivity index (χ0) is 14.8. The Morgan fingerprint density at radius 3 is 2.81 bits per heavy atom. The first-order valence-corrected chi connectivity index (χ1v) is 6.65. The number of hydrogen-bond acceptors (Lipinski definition) is 5. The van der Waals surface area contributed by atoms with Crippen molar-refractivity contribution in [2.24, 2.45) is 0 Å². The lowest BCUT2D eigenvalue weighted by atomic mass is 10.1. The lowest BCUT2D eigenvalue weighted by Gasteiger charge is -2.08. The van der Waals surface area contributed by atoms with Crippen molar-refractivity contribution in [1.82, 2.24) is 15.3 Å². The molecule has 1 aliphatic carbocycles. The van der Waals surface area contributed by atoms with Crippen LogP contribution in [0, 0.1) is 0 Å². The number of hydrogen-bond donors (Lipinski definition) is 3. The third-order valence-corrected chi connectivity index (χ3v) is 3.24. The van der Waals surface area contributed by atoms with E-state index in [1.165, 1.54) is 18.5 Å². The summed E-state index contributed by atoms with van der Waals surface area (Å²) in [5.41, 5.74) is 0.689. The predicted octanol–water partition coefficient (Wildman–Crippen LogP) is 1.02. The van der Waals surface area contributed by atoms with Crippen molar-refractivity contribution in [3.63, 3.8) is 0 Å². The number of carbonyl (C=O) groups excluding carboxylic acids is 1. The van der Waals surface area contributed by atoms with Gasteiger partial charge in [-0.15, -0.1) is 0 Å². The quantitative estimate of drug-likeness (QED) is 0.758. The van der Waals surface area contributed by atoms with Crippen molar-refractivity contribution in [2.45, 2.75) is 18.9 Å². The Hall–Kier alpha value is -2.70. The maximum absolute atomic E-state index is 11.7. The molecule has 0 radical (unpaired) electrons. The number of aromatic nitrogens is 2. The summed E-state index contributed by atoms with van der Waals surface area (Å²) in [6, 6.07) is 4.93. The van der Waals surface area contributed by atoms with Gasteiger partial charge in [0.1, 0.15) is 12.1 Å². The molecule has 1 amide bonds. The molecule has 0 unspecified atom stereocenters. The normalized spacial score (nSPS) is 13.9. The Kier molecular flexibility index (Phi) is 3.39. The van der Waals surface area contributed by atoms with E-state index in [0.29, 0.717) is 22.8 Å². The van der Waals surface area contributed by atoms with Crippen molar-refractivity contribution in [3.05, 3.63) is 30.1 Å². The molecule has 0 saturated heterocycles. The molecule has 1 fully saturated rings. The largest absolute Gasteiger partial charge is 0.478 e. The van der Waals surface area contributed by atoms with Gasteiger partial charge in [0.2, 0.25) is 5.91 Å². The molecule has 3 rings (SSSR count). The molecule has 2 aromatic rings. The molecule has 7 heteroatoms. The molecule has 0 spiro atoms. The average Bonchev–Trinajstić information content (AvgIpc) is 3.28. The molecule has 3 N–H and O–H groups in total. The van der Waals surface area contributed by atoms with E-state index in [0.717, 1.165) is 12.8 Å². The molecular formula is C14H14N4O3. The lowest BCUT2D eigenvalue weighted by Crippen LogP contribution is -2.31. The number of anilines is 1. The minimum absolute atomic E-state index is 0.0774. The third-order valence-electron chi connectivity index (χ3n) is 3.24. The van der Waals surface area contributed by atoms with Crippen LogP contribution >= 0.6 is 0 Å². The van der Waals surface area contributed by atoms with Crippen LogP contribution in [0.2, 0.25) is 0 Å². The van der Waals surface area contributed by atoms with Gasteiger partial charge in [-0.2, -0.15) is 0 Å². The highest BCUT2D eigenvalue weighted by Crippen LogP contribution is 2.21. The highest BCUT2D eigenvalue weighted by atomic mass is 16.4. The summed E-state index contributed by atoms with van der Waals surface area (Å²) in [5.74, 6) is -0.567. The van der Waals surface area contributed by atoms with Crippen LogP contribution < -0.4 is 10.6 Å². The standard InChI is InChI=1S/C14H14N4O3/c19-12(18-9-2-3-9)6-15-13-10-4-1-8(14(20)21)5-11(10)16-7-17-13/h1,4-5,7,9H,2-3,6H2,(H,18,19)(H,20,21)(H,15,16,17). The van der Waals surface area contributed by atoms with E-state index in [2.05, 4.69) is 20.6 Å². The zero-order valence-corrected chi connectivity index (χ0v) is 11.2. The van der Waals surface area contributed by atoms with Gasteiger partial charge in [0.05, 0.1) is 17.6 Å². The molecule has 1 saturated carbocycles. The molecule has 1 aliphatic rings. The minimum Gasteiger partial charge on any atom is -0.478 e. The summed E-state index contributed by atoms with van der Waals surface area (Å²) < 4.78 is 0. The Morgan fingerprint density at radius 1 is 1.29 bits per heavy atom. The molecule has 1 aromatic heterocycles. The fourth-order valence-electron chi connectivity index (χ4n) is 2.00. The van der Waals surface area contributed by atoms with Crippen LogP contribution in [0.4, 0.5) is 5.82 Å². The first kappa shape index (κ1) is 13.3.